The Balaban J connectivity index is 1.73. The third-order valence-corrected chi connectivity index (χ3v) is 5.55. The Morgan fingerprint density at radius 2 is 1.97 bits per heavy atom. The molecular formula is C25H21F4N5O3. The van der Waals surface area contributed by atoms with Gasteiger partial charge in [0.2, 0.25) is 5.88 Å². The van der Waals surface area contributed by atoms with Crippen molar-refractivity contribution in [2.75, 3.05) is 7.09 Å². The summed E-state index contributed by atoms with van der Waals surface area (Å²) in [6.45, 7) is -0.679. The Morgan fingerprint density at radius 1 is 1.16 bits per heavy atom. The number of aromatic nitrogens is 3. The fraction of sp³-hybridized carbons (Fsp3) is 0.200. The van der Waals surface area contributed by atoms with Gasteiger partial charge in [0, 0.05) is 32.5 Å². The zero-order valence-electron chi connectivity index (χ0n) is 22.0. The summed E-state index contributed by atoms with van der Waals surface area (Å²) in [6, 6.07) is 6.36. The van der Waals surface area contributed by atoms with Gasteiger partial charge in [-0.15, -0.1) is 0 Å². The molecule has 2 heterocycles. The lowest BCUT2D eigenvalue weighted by Crippen LogP contribution is -2.28. The van der Waals surface area contributed by atoms with Gasteiger partial charge in [0.05, 0.1) is 25.6 Å². The molecule has 2 aromatic carbocycles. The minimum atomic E-state index is -4.76. The molecule has 0 saturated carbocycles. The molecule has 4 aromatic rings. The van der Waals surface area contributed by atoms with Gasteiger partial charge in [-0.2, -0.15) is 18.3 Å². The van der Waals surface area contributed by atoms with Gasteiger partial charge >= 0.3 is 6.18 Å². The Morgan fingerprint density at radius 3 is 2.65 bits per heavy atom. The number of aryl methyl sites for hydroxylation is 1. The number of pyridine rings is 1. The third-order valence-electron chi connectivity index (χ3n) is 5.55. The van der Waals surface area contributed by atoms with Gasteiger partial charge in [0.1, 0.15) is 11.4 Å². The molecular weight excluding hydrogens is 494 g/mol. The van der Waals surface area contributed by atoms with Crippen LogP contribution in [0.1, 0.15) is 49.0 Å². The number of carbonyl (C=O) groups is 2. The molecule has 0 aliphatic rings. The minimum absolute atomic E-state index is 0.0190. The SMILES string of the molecule is [2H]COc1ncc(-c2ccc3c(C(N)=O)nn(C[2H])c3c2)cc1C(=O)N[C@@H](C[2H])c1cc(C(F)(F)F)ccc1F. The highest BCUT2D eigenvalue weighted by Crippen LogP contribution is 2.33. The van der Waals surface area contributed by atoms with Crippen molar-refractivity contribution in [3.05, 3.63) is 76.9 Å². The van der Waals surface area contributed by atoms with E-state index in [0.29, 0.717) is 40.2 Å². The van der Waals surface area contributed by atoms with Gasteiger partial charge in [0.15, 0.2) is 5.69 Å². The molecule has 0 bridgehead atoms. The van der Waals surface area contributed by atoms with E-state index in [-0.39, 0.29) is 24.2 Å². The number of ether oxygens (including phenoxy) is 1. The van der Waals surface area contributed by atoms with Crippen LogP contribution in [0.5, 0.6) is 5.88 Å². The van der Waals surface area contributed by atoms with E-state index in [1.54, 1.807) is 18.2 Å². The van der Waals surface area contributed by atoms with Crippen LogP contribution in [0.4, 0.5) is 17.6 Å². The second-order valence-electron chi connectivity index (χ2n) is 7.93. The Labute approximate surface area is 212 Å². The highest BCUT2D eigenvalue weighted by atomic mass is 19.4. The summed E-state index contributed by atoms with van der Waals surface area (Å²) in [5.41, 5.74) is 4.73. The lowest BCUT2D eigenvalue weighted by molar-refractivity contribution is -0.137. The first kappa shape index (κ1) is 21.8. The van der Waals surface area contributed by atoms with Crippen molar-refractivity contribution < 1.29 is 36.0 Å². The number of amides is 2. The van der Waals surface area contributed by atoms with Crippen LogP contribution in [-0.4, -0.2) is 33.7 Å². The fourth-order valence-electron chi connectivity index (χ4n) is 3.72. The normalized spacial score (nSPS) is 13.5. The maximum absolute atomic E-state index is 14.5. The van der Waals surface area contributed by atoms with E-state index in [4.69, 9.17) is 14.6 Å². The smallest absolute Gasteiger partial charge is 0.416 e. The number of methoxy groups -OCH3 is 1. The van der Waals surface area contributed by atoms with Crippen molar-refractivity contribution in [2.24, 2.45) is 12.8 Å². The summed E-state index contributed by atoms with van der Waals surface area (Å²) < 4.78 is 83.2. The highest BCUT2D eigenvalue weighted by Gasteiger charge is 2.32. The average molecular weight is 518 g/mol. The van der Waals surface area contributed by atoms with Gasteiger partial charge < -0.3 is 15.8 Å². The number of nitrogens with two attached hydrogens (primary N) is 1. The summed E-state index contributed by atoms with van der Waals surface area (Å²) in [7, 11) is -0.919. The van der Waals surface area contributed by atoms with E-state index < -0.39 is 55.0 Å². The Bertz CT molecular complexity index is 1600. The van der Waals surface area contributed by atoms with E-state index in [2.05, 4.69) is 15.4 Å². The van der Waals surface area contributed by atoms with Gasteiger partial charge in [0.25, 0.3) is 11.8 Å². The number of fused-ring (bicyclic) bond motifs is 1. The van der Waals surface area contributed by atoms with E-state index in [0.717, 1.165) is 0 Å². The first-order chi connectivity index (χ1) is 19.0. The van der Waals surface area contributed by atoms with Crippen LogP contribution < -0.4 is 15.8 Å². The lowest BCUT2D eigenvalue weighted by atomic mass is 10.0. The average Bonchev–Trinajstić information content (AvgIpc) is 3.30. The summed E-state index contributed by atoms with van der Waals surface area (Å²) >= 11 is 0. The molecule has 2 amide bonds. The first-order valence-corrected chi connectivity index (χ1v) is 10.5. The van der Waals surface area contributed by atoms with Gasteiger partial charge in [-0.05, 0) is 48.9 Å². The number of nitrogens with one attached hydrogen (secondary N) is 1. The van der Waals surface area contributed by atoms with Crippen molar-refractivity contribution in [1.29, 1.82) is 0 Å². The number of benzene rings is 2. The van der Waals surface area contributed by atoms with Crippen molar-refractivity contribution in [3.63, 3.8) is 0 Å². The van der Waals surface area contributed by atoms with Crippen LogP contribution in [0, 0.1) is 5.82 Å². The second-order valence-corrected chi connectivity index (χ2v) is 7.93. The standard InChI is InChI=1S/C25H21F4N5O3/c1-12(17-10-15(25(27,28)29)5-7-19(17)26)32-23(36)18-8-14(11-31-24(18)37-3)13-4-6-16-20(9-13)34(2)33-21(16)22(30)35/h4-12H,1-3H3,(H2,30,35)(H,32,36)/t12-/m0/s1/i1D,2D,3D. The molecule has 4 rings (SSSR count). The molecule has 37 heavy (non-hydrogen) atoms. The van der Waals surface area contributed by atoms with Crippen LogP contribution in [0.2, 0.25) is 0 Å². The number of rotatable bonds is 6. The number of hydrogen-bond donors (Lipinski definition) is 2. The number of halogens is 4. The highest BCUT2D eigenvalue weighted by molar-refractivity contribution is 6.05. The number of primary amides is 1. The molecule has 0 aliphatic carbocycles. The zero-order chi connectivity index (χ0) is 29.2. The van der Waals surface area contributed by atoms with Crippen molar-refractivity contribution >= 4 is 22.7 Å². The Hall–Kier alpha value is -4.48. The van der Waals surface area contributed by atoms with Crippen LogP contribution >= 0.6 is 0 Å². The predicted octanol–water partition coefficient (Wildman–Crippen LogP) is 4.39. The summed E-state index contributed by atoms with van der Waals surface area (Å²) in [6.07, 6.45) is -3.42. The van der Waals surface area contributed by atoms with Crippen molar-refractivity contribution in [2.45, 2.75) is 19.1 Å². The number of carbonyl (C=O) groups excluding carboxylic acids is 2. The molecule has 0 fully saturated rings. The topological polar surface area (TPSA) is 112 Å². The van der Waals surface area contributed by atoms with E-state index in [1.807, 2.05) is 0 Å². The number of nitrogens with zero attached hydrogens (tertiary/aromatic N) is 3. The molecule has 3 N–H and O–H groups in total. The zero-order valence-corrected chi connectivity index (χ0v) is 19.0. The molecule has 0 saturated heterocycles. The van der Waals surface area contributed by atoms with E-state index >= 15 is 0 Å². The molecule has 0 aliphatic heterocycles. The van der Waals surface area contributed by atoms with Crippen LogP contribution in [-0.2, 0) is 13.2 Å². The quantitative estimate of drug-likeness (QED) is 0.368. The molecule has 8 nitrogen and oxygen atoms in total. The van der Waals surface area contributed by atoms with Gasteiger partial charge in [-0.25, -0.2) is 9.37 Å². The monoisotopic (exact) mass is 518 g/mol. The van der Waals surface area contributed by atoms with E-state index in [1.165, 1.54) is 16.9 Å². The molecule has 0 spiro atoms. The summed E-state index contributed by atoms with van der Waals surface area (Å²) in [5.74, 6) is -3.00. The molecule has 2 aromatic heterocycles. The first-order valence-electron chi connectivity index (χ1n) is 12.6. The van der Waals surface area contributed by atoms with Gasteiger partial charge in [-0.1, -0.05) is 6.07 Å². The van der Waals surface area contributed by atoms with Crippen molar-refractivity contribution in [1.82, 2.24) is 20.1 Å². The predicted molar refractivity (Wildman–Crippen MR) is 126 cm³/mol. The van der Waals surface area contributed by atoms with Crippen molar-refractivity contribution in [3.8, 4) is 17.0 Å². The second kappa shape index (κ2) is 9.52. The molecule has 0 radical (unpaired) electrons. The van der Waals surface area contributed by atoms with Crippen LogP contribution in [0.25, 0.3) is 22.0 Å². The van der Waals surface area contributed by atoms with Crippen LogP contribution in [0.15, 0.2) is 48.7 Å². The molecule has 192 valence electrons. The maximum atomic E-state index is 14.5. The third kappa shape index (κ3) is 4.95. The molecule has 1 atom stereocenters. The lowest BCUT2D eigenvalue weighted by Gasteiger charge is -2.18. The maximum Gasteiger partial charge on any atom is 0.416 e. The van der Waals surface area contributed by atoms with Gasteiger partial charge in [-0.3, -0.25) is 14.3 Å². The van der Waals surface area contributed by atoms with Crippen LogP contribution in [0.3, 0.4) is 0 Å². The largest absolute Gasteiger partial charge is 0.480 e. The minimum Gasteiger partial charge on any atom is -0.480 e. The summed E-state index contributed by atoms with van der Waals surface area (Å²) in [4.78, 5) is 29.1. The fourth-order valence-corrected chi connectivity index (χ4v) is 3.72. The number of alkyl halides is 3. The molecule has 12 heteroatoms. The summed E-state index contributed by atoms with van der Waals surface area (Å²) in [5, 5.41) is 6.80. The Kier molecular flexibility index (Phi) is 5.61. The van der Waals surface area contributed by atoms with E-state index in [9.17, 15) is 27.2 Å². The molecule has 0 unspecified atom stereocenters. The number of hydrogen-bond acceptors (Lipinski definition) is 5.